The molecule has 0 aliphatic heterocycles. The Labute approximate surface area is 441 Å². The molecule has 0 amide bonds. The van der Waals surface area contributed by atoms with E-state index in [1.54, 1.807) is 38.7 Å². The highest BCUT2D eigenvalue weighted by atomic mass is 32.2. The molecule has 4 rings (SSSR count). The highest BCUT2D eigenvalue weighted by Gasteiger charge is 2.44. The lowest BCUT2D eigenvalue weighted by atomic mass is 9.70. The highest BCUT2D eigenvalue weighted by Crippen LogP contribution is 2.44. The van der Waals surface area contributed by atoms with Crippen LogP contribution in [-0.2, 0) is 29.8 Å². The molecule has 0 saturated heterocycles. The summed E-state index contributed by atoms with van der Waals surface area (Å²) in [5.74, 6) is 1.45. The average molecular weight is 1110 g/mol. The first-order valence-corrected chi connectivity index (χ1v) is 25.9. The molecule has 0 saturated carbocycles. The van der Waals surface area contributed by atoms with Crippen molar-refractivity contribution < 1.29 is 80.5 Å². The second kappa shape index (κ2) is 26.9. The monoisotopic (exact) mass is 1110 g/mol. The van der Waals surface area contributed by atoms with E-state index in [1.165, 1.54) is 0 Å². The fourth-order valence-electron chi connectivity index (χ4n) is 7.88. The van der Waals surface area contributed by atoms with Crippen LogP contribution in [0.25, 0.3) is 0 Å². The molecule has 76 heavy (non-hydrogen) atoms. The van der Waals surface area contributed by atoms with E-state index in [4.69, 9.17) is 46.9 Å². The number of alkyl halides is 6. The molecule has 14 nitrogen and oxygen atoms in total. The summed E-state index contributed by atoms with van der Waals surface area (Å²) >= 11 is 0. The maximum Gasteiger partial charge on any atom is 0.485 e. The van der Waals surface area contributed by atoms with Crippen molar-refractivity contribution in [3.8, 4) is 11.5 Å². The van der Waals surface area contributed by atoms with E-state index in [0.29, 0.717) is 35.7 Å². The Morgan fingerprint density at radius 2 is 0.855 bits per heavy atom. The van der Waals surface area contributed by atoms with Gasteiger partial charge < -0.3 is 30.0 Å². The number of rotatable bonds is 14. The Kier molecular flexibility index (Phi) is 23.2. The molecule has 22 heteroatoms. The molecule has 0 spiro atoms. The van der Waals surface area contributed by atoms with Gasteiger partial charge in [-0.1, -0.05) is 135 Å². The van der Waals surface area contributed by atoms with Gasteiger partial charge in [-0.3, -0.25) is 9.59 Å². The zero-order chi connectivity index (χ0) is 58.4. The van der Waals surface area contributed by atoms with Crippen LogP contribution in [0.1, 0.15) is 94.2 Å². The van der Waals surface area contributed by atoms with Crippen LogP contribution in [0.5, 0.6) is 11.5 Å². The molecule has 2 atom stereocenters. The number of nitrogen functional groups attached to an aromatic ring is 2. The van der Waals surface area contributed by atoms with E-state index in [-0.39, 0.29) is 34.5 Å². The maximum absolute atomic E-state index is 13.5. The molecule has 0 aromatic carbocycles. The van der Waals surface area contributed by atoms with E-state index < -0.39 is 31.3 Å². The molecule has 416 valence electrons. The van der Waals surface area contributed by atoms with Gasteiger partial charge in [-0.2, -0.15) is 35.5 Å². The van der Waals surface area contributed by atoms with Gasteiger partial charge in [0.1, 0.15) is 11.4 Å². The number of ketones is 2. The molecule has 2 heterocycles. The summed E-state index contributed by atoms with van der Waals surface area (Å²) in [5, 5.41) is 0. The maximum atomic E-state index is 13.5. The van der Waals surface area contributed by atoms with Crippen LogP contribution in [0.4, 0.5) is 37.7 Å². The normalized spacial score (nSPS) is 19.5. The highest BCUT2D eigenvalue weighted by molar-refractivity contribution is 7.86. The smallest absolute Gasteiger partial charge is 0.485 e. The summed E-state index contributed by atoms with van der Waals surface area (Å²) < 4.78 is 132. The topological polar surface area (TPSA) is 227 Å². The number of ether oxygens (including phenoxy) is 2. The molecular weight excluding hydrogens is 1040 g/mol. The first-order chi connectivity index (χ1) is 34.8. The molecule has 4 N–H and O–H groups in total. The van der Waals surface area contributed by atoms with Crippen molar-refractivity contribution >= 4 is 43.2 Å². The minimum atomic E-state index is -6.09. The van der Waals surface area contributed by atoms with E-state index >= 15 is 0 Å². The summed E-state index contributed by atoms with van der Waals surface area (Å²) in [6, 6.07) is 2.83. The number of aromatic nitrogens is 2. The molecule has 0 bridgehead atoms. The van der Waals surface area contributed by atoms with E-state index in [1.807, 2.05) is 59.7 Å². The van der Waals surface area contributed by atoms with Gasteiger partial charge in [-0.15, -0.1) is 0 Å². The Hall–Kier alpha value is -6.62. The number of nitrogens with two attached hydrogens (primary N) is 2. The van der Waals surface area contributed by atoms with Gasteiger partial charge in [0.2, 0.25) is 36.0 Å². The molecule has 0 fully saturated rings. The summed E-state index contributed by atoms with van der Waals surface area (Å²) in [6.07, 6.45) is 37.6. The number of halogens is 6. The van der Waals surface area contributed by atoms with Gasteiger partial charge in [-0.05, 0) is 63.5 Å². The SMILES string of the molecule is COc1cc(N)c[n+](C2CC(C)(C)C(/C=C/C(C)=C/C=C/C(C)=C/C=C/C=C(C)/C=C/C=C(C)/C=C/C3=C(C)C(=O)C([n+]4cc(N)cc(OC)c4)CC3(C)C)=C(C)C2=O)c1.O=S(=O)([O-])C(F)(F)F.O=S(=O)([O-])C(F)(F)F. The average Bonchev–Trinajstić information content (AvgIpc) is 3.28. The zero-order valence-electron chi connectivity index (χ0n) is 44.3. The molecular formula is C54H66F6N4O10S2. The van der Waals surface area contributed by atoms with Crippen molar-refractivity contribution in [3.63, 3.8) is 0 Å². The molecule has 2 aromatic heterocycles. The van der Waals surface area contributed by atoms with Crippen LogP contribution in [0.2, 0.25) is 0 Å². The summed E-state index contributed by atoms with van der Waals surface area (Å²) in [7, 11) is -8.98. The number of pyridine rings is 2. The molecule has 2 unspecified atom stereocenters. The van der Waals surface area contributed by atoms with E-state index in [2.05, 4.69) is 116 Å². The number of carbonyl (C=O) groups is 2. The minimum absolute atomic E-state index is 0.0954. The van der Waals surface area contributed by atoms with Crippen molar-refractivity contribution in [2.24, 2.45) is 10.8 Å². The lowest BCUT2D eigenvalue weighted by molar-refractivity contribution is -0.710. The number of nitrogens with zero attached hydrogens (tertiary/aromatic N) is 2. The van der Waals surface area contributed by atoms with Gasteiger partial charge in [-0.25, -0.2) is 16.8 Å². The standard InChI is InChI=1S/C52H66N4O4.2CHF3O3S/c1-35(19-15-21-37(3)23-25-45-39(5)49(57)47(29-51(45,7)8)55-31-41(53)27-43(33-55)59-11)17-13-14-18-36(2)20-16-22-38(4)24-26-46-40(6)50(58)48(30-52(46,9)10)56-32-42(54)28-44(34-56)60-12;2*2-1(3,4)8(5,6)7/h13-28,31-34,47-48H,29-30,53-54H2,1-12H3;2*(H,5,6,7)/q+2;;/p-2/b14-13+,19-15+,20-16+,25-23+,26-24+,35-17+,36-18+,37-21+,38-22+;;. The van der Waals surface area contributed by atoms with Crippen LogP contribution >= 0.6 is 0 Å². The summed E-state index contributed by atoms with van der Waals surface area (Å²) in [6.45, 7) is 20.9. The van der Waals surface area contributed by atoms with Crippen molar-refractivity contribution in [1.29, 1.82) is 0 Å². The Morgan fingerprint density at radius 3 is 1.13 bits per heavy atom. The summed E-state index contributed by atoms with van der Waals surface area (Å²) in [5.41, 5.74) is 9.67. The number of Topliss-reactive ketones (excluding diaryl/α,β-unsaturated/α-hetero) is 2. The number of hydrogen-bond acceptors (Lipinski definition) is 12. The van der Waals surface area contributed by atoms with Gasteiger partial charge in [0.15, 0.2) is 44.1 Å². The van der Waals surface area contributed by atoms with Crippen LogP contribution in [0.15, 0.2) is 167 Å². The zero-order valence-corrected chi connectivity index (χ0v) is 46.0. The van der Waals surface area contributed by atoms with Crippen molar-refractivity contribution in [1.82, 2.24) is 0 Å². The van der Waals surface area contributed by atoms with Gasteiger partial charge >= 0.3 is 11.0 Å². The van der Waals surface area contributed by atoms with Crippen molar-refractivity contribution in [3.05, 3.63) is 167 Å². The largest absolute Gasteiger partial charge is 0.741 e. The third-order valence-electron chi connectivity index (χ3n) is 11.8. The quantitative estimate of drug-likeness (QED) is 0.0592. The Balaban J connectivity index is 0.00000106. The van der Waals surface area contributed by atoms with Gasteiger partial charge in [0, 0.05) is 36.1 Å². The van der Waals surface area contributed by atoms with E-state index in [9.17, 15) is 35.9 Å². The fraction of sp³-hybridized carbons (Fsp3) is 0.370. The van der Waals surface area contributed by atoms with Crippen LogP contribution < -0.4 is 30.1 Å². The fourth-order valence-corrected chi connectivity index (χ4v) is 7.88. The van der Waals surface area contributed by atoms with Crippen molar-refractivity contribution in [2.45, 2.75) is 105 Å². The van der Waals surface area contributed by atoms with Gasteiger partial charge in [0.05, 0.1) is 14.2 Å². The third-order valence-corrected chi connectivity index (χ3v) is 13.0. The van der Waals surface area contributed by atoms with Crippen LogP contribution in [0, 0.1) is 10.8 Å². The first-order valence-electron chi connectivity index (χ1n) is 23.1. The lowest BCUT2D eigenvalue weighted by Gasteiger charge is -2.34. The minimum Gasteiger partial charge on any atom is -0.741 e. The number of anilines is 2. The van der Waals surface area contributed by atoms with Crippen molar-refractivity contribution in [2.75, 3.05) is 25.7 Å². The molecule has 2 aliphatic carbocycles. The number of hydrogen-bond donors (Lipinski definition) is 2. The Morgan fingerprint density at radius 1 is 0.579 bits per heavy atom. The summed E-state index contributed by atoms with van der Waals surface area (Å²) in [4.78, 5) is 27.1. The number of carbonyl (C=O) groups excluding carboxylic acids is 2. The molecule has 0 radical (unpaired) electrons. The number of methoxy groups -OCH3 is 2. The first kappa shape index (κ1) is 65.5. The lowest BCUT2D eigenvalue weighted by Crippen LogP contribution is -2.48. The van der Waals surface area contributed by atoms with Crippen LogP contribution in [-0.4, -0.2) is 62.7 Å². The van der Waals surface area contributed by atoms with Crippen LogP contribution in [0.3, 0.4) is 0 Å². The predicted octanol–water partition coefficient (Wildman–Crippen LogP) is 10.5. The Bertz CT molecular complexity index is 2860. The predicted molar refractivity (Wildman–Crippen MR) is 278 cm³/mol. The number of allylic oxidation sites excluding steroid dienone is 22. The van der Waals surface area contributed by atoms with Gasteiger partial charge in [0.25, 0.3) is 0 Å². The molecule has 2 aromatic rings. The second-order valence-electron chi connectivity index (χ2n) is 19.1. The van der Waals surface area contributed by atoms with E-state index in [0.717, 1.165) is 44.6 Å². The second-order valence-corrected chi connectivity index (χ2v) is 21.9. The third kappa shape index (κ3) is 19.8. The molecule has 2 aliphatic rings.